The van der Waals surface area contributed by atoms with Crippen LogP contribution in [0.4, 0.5) is 0 Å². The zero-order chi connectivity index (χ0) is 22.2. The Bertz CT molecular complexity index is 1030. The van der Waals surface area contributed by atoms with Crippen LogP contribution >= 0.6 is 11.8 Å². The van der Waals surface area contributed by atoms with Crippen LogP contribution in [0.5, 0.6) is 0 Å². The number of carbonyl (C=O) groups is 2. The number of benzene rings is 2. The molecular formula is C24H28N4O2S. The van der Waals surface area contributed by atoms with E-state index in [4.69, 9.17) is 0 Å². The molecule has 3 aromatic rings. The minimum absolute atomic E-state index is 0.0401. The van der Waals surface area contributed by atoms with Gasteiger partial charge in [0.2, 0.25) is 5.91 Å². The molecule has 0 bridgehead atoms. The van der Waals surface area contributed by atoms with Crippen molar-refractivity contribution in [2.75, 3.05) is 12.3 Å². The van der Waals surface area contributed by atoms with Crippen LogP contribution in [-0.4, -0.2) is 38.8 Å². The van der Waals surface area contributed by atoms with Crippen molar-refractivity contribution in [3.63, 3.8) is 0 Å². The number of nitrogens with zero attached hydrogens (tertiary/aromatic N) is 3. The van der Waals surface area contributed by atoms with Crippen LogP contribution in [0, 0.1) is 6.92 Å². The van der Waals surface area contributed by atoms with Crippen LogP contribution in [-0.2, 0) is 17.6 Å². The number of ketones is 1. The fourth-order valence-corrected chi connectivity index (χ4v) is 4.02. The van der Waals surface area contributed by atoms with Crippen molar-refractivity contribution < 1.29 is 9.59 Å². The van der Waals surface area contributed by atoms with Gasteiger partial charge in [0.1, 0.15) is 5.82 Å². The number of amides is 1. The van der Waals surface area contributed by atoms with Crippen molar-refractivity contribution in [1.29, 1.82) is 0 Å². The fourth-order valence-electron chi connectivity index (χ4n) is 3.16. The molecule has 0 aliphatic rings. The SMILES string of the molecule is CCc1ccc(C(=O)CSc2nnc(CCCNC(C)=O)n2-c2ccc(C)cc2)cc1. The van der Waals surface area contributed by atoms with Gasteiger partial charge in [-0.3, -0.25) is 14.2 Å². The Morgan fingerprint density at radius 1 is 1.03 bits per heavy atom. The van der Waals surface area contributed by atoms with E-state index in [1.54, 1.807) is 0 Å². The molecule has 0 aliphatic heterocycles. The Hall–Kier alpha value is -2.93. The molecule has 0 fully saturated rings. The van der Waals surface area contributed by atoms with E-state index >= 15 is 0 Å². The number of aromatic nitrogens is 3. The predicted molar refractivity (Wildman–Crippen MR) is 124 cm³/mol. The molecule has 0 unspecified atom stereocenters. The summed E-state index contributed by atoms with van der Waals surface area (Å²) in [6.45, 7) is 6.24. The molecular weight excluding hydrogens is 408 g/mol. The van der Waals surface area contributed by atoms with Crippen molar-refractivity contribution in [1.82, 2.24) is 20.1 Å². The summed E-state index contributed by atoms with van der Waals surface area (Å²) in [5.74, 6) is 1.14. The molecule has 1 N–H and O–H groups in total. The molecule has 0 saturated heterocycles. The van der Waals surface area contributed by atoms with Gasteiger partial charge >= 0.3 is 0 Å². The molecule has 0 radical (unpaired) electrons. The van der Waals surface area contributed by atoms with E-state index in [0.717, 1.165) is 24.4 Å². The summed E-state index contributed by atoms with van der Waals surface area (Å²) < 4.78 is 2.01. The van der Waals surface area contributed by atoms with Crippen LogP contribution in [0.1, 0.15) is 47.6 Å². The number of thioether (sulfide) groups is 1. The molecule has 3 rings (SSSR count). The minimum Gasteiger partial charge on any atom is -0.356 e. The molecule has 0 spiro atoms. The Kier molecular flexibility index (Phi) is 8.00. The molecule has 0 atom stereocenters. The van der Waals surface area contributed by atoms with Crippen LogP contribution in [0.2, 0.25) is 0 Å². The highest BCUT2D eigenvalue weighted by atomic mass is 32.2. The monoisotopic (exact) mass is 436 g/mol. The number of rotatable bonds is 10. The lowest BCUT2D eigenvalue weighted by molar-refractivity contribution is -0.118. The van der Waals surface area contributed by atoms with Crippen LogP contribution in [0.3, 0.4) is 0 Å². The minimum atomic E-state index is -0.0401. The fraction of sp³-hybridized carbons (Fsp3) is 0.333. The van der Waals surface area contributed by atoms with Crippen molar-refractivity contribution in [3.8, 4) is 5.69 Å². The normalized spacial score (nSPS) is 10.8. The van der Waals surface area contributed by atoms with Gasteiger partial charge in [-0.05, 0) is 37.5 Å². The van der Waals surface area contributed by atoms with Crippen molar-refractivity contribution in [3.05, 3.63) is 71.0 Å². The van der Waals surface area contributed by atoms with Gasteiger partial charge in [-0.1, -0.05) is 60.6 Å². The first-order valence-electron chi connectivity index (χ1n) is 10.5. The van der Waals surface area contributed by atoms with E-state index in [2.05, 4.69) is 22.4 Å². The van der Waals surface area contributed by atoms with Gasteiger partial charge in [0.15, 0.2) is 10.9 Å². The Balaban J connectivity index is 1.75. The maximum absolute atomic E-state index is 12.7. The lowest BCUT2D eigenvalue weighted by Gasteiger charge is -2.11. The molecule has 162 valence electrons. The van der Waals surface area contributed by atoms with Crippen molar-refractivity contribution in [2.45, 2.75) is 45.2 Å². The summed E-state index contributed by atoms with van der Waals surface area (Å²) >= 11 is 1.39. The van der Waals surface area contributed by atoms with Gasteiger partial charge in [0, 0.05) is 31.1 Å². The Labute approximate surface area is 187 Å². The number of aryl methyl sites for hydroxylation is 3. The van der Waals surface area contributed by atoms with Gasteiger partial charge in [-0.15, -0.1) is 10.2 Å². The highest BCUT2D eigenvalue weighted by molar-refractivity contribution is 7.99. The largest absolute Gasteiger partial charge is 0.356 e. The van der Waals surface area contributed by atoms with E-state index in [-0.39, 0.29) is 11.7 Å². The third kappa shape index (κ3) is 6.28. The smallest absolute Gasteiger partial charge is 0.216 e. The topological polar surface area (TPSA) is 76.9 Å². The second kappa shape index (κ2) is 10.9. The predicted octanol–water partition coefficient (Wildman–Crippen LogP) is 4.18. The zero-order valence-corrected chi connectivity index (χ0v) is 19.0. The number of Topliss-reactive ketones (excluding diaryl/α,β-unsaturated/α-hetero) is 1. The van der Waals surface area contributed by atoms with Gasteiger partial charge < -0.3 is 5.32 Å². The summed E-state index contributed by atoms with van der Waals surface area (Å²) in [6, 6.07) is 15.9. The summed E-state index contributed by atoms with van der Waals surface area (Å²) in [4.78, 5) is 23.8. The molecule has 1 aromatic heterocycles. The molecule has 0 aliphatic carbocycles. The summed E-state index contributed by atoms with van der Waals surface area (Å²) in [5, 5.41) is 12.2. The van der Waals surface area contributed by atoms with Crippen molar-refractivity contribution >= 4 is 23.5 Å². The first-order valence-corrected chi connectivity index (χ1v) is 11.5. The molecule has 31 heavy (non-hydrogen) atoms. The maximum atomic E-state index is 12.7. The Morgan fingerprint density at radius 3 is 2.39 bits per heavy atom. The summed E-state index contributed by atoms with van der Waals surface area (Å²) in [6.07, 6.45) is 2.39. The second-order valence-electron chi connectivity index (χ2n) is 7.42. The molecule has 6 nitrogen and oxygen atoms in total. The average molecular weight is 437 g/mol. The maximum Gasteiger partial charge on any atom is 0.216 e. The third-order valence-electron chi connectivity index (χ3n) is 4.96. The number of hydrogen-bond donors (Lipinski definition) is 1. The standard InChI is InChI=1S/C24H28N4O2S/c1-4-19-9-11-20(12-10-19)22(30)16-31-24-27-26-23(6-5-15-25-18(3)29)28(24)21-13-7-17(2)8-14-21/h7-14H,4-6,15-16H2,1-3H3,(H,25,29). The number of nitrogens with one attached hydrogen (secondary N) is 1. The van der Waals surface area contributed by atoms with E-state index in [1.807, 2.05) is 60.0 Å². The quantitative estimate of drug-likeness (QED) is 0.293. The summed E-state index contributed by atoms with van der Waals surface area (Å²) in [5.41, 5.74) is 4.06. The van der Waals surface area contributed by atoms with Gasteiger partial charge in [-0.25, -0.2) is 0 Å². The number of hydrogen-bond acceptors (Lipinski definition) is 5. The molecule has 7 heteroatoms. The Morgan fingerprint density at radius 2 is 1.74 bits per heavy atom. The van der Waals surface area contributed by atoms with Crippen LogP contribution in [0.15, 0.2) is 53.7 Å². The van der Waals surface area contributed by atoms with E-state index in [9.17, 15) is 9.59 Å². The van der Waals surface area contributed by atoms with Gasteiger partial charge in [0.05, 0.1) is 5.75 Å². The first kappa shape index (κ1) is 22.7. The highest BCUT2D eigenvalue weighted by Gasteiger charge is 2.16. The molecule has 1 heterocycles. The lowest BCUT2D eigenvalue weighted by Crippen LogP contribution is -2.21. The van der Waals surface area contributed by atoms with Crippen molar-refractivity contribution in [2.24, 2.45) is 0 Å². The number of carbonyl (C=O) groups excluding carboxylic acids is 2. The van der Waals surface area contributed by atoms with Crippen LogP contribution in [0.25, 0.3) is 5.69 Å². The lowest BCUT2D eigenvalue weighted by atomic mass is 10.1. The highest BCUT2D eigenvalue weighted by Crippen LogP contribution is 2.24. The van der Waals surface area contributed by atoms with E-state index in [0.29, 0.717) is 29.4 Å². The molecule has 2 aromatic carbocycles. The average Bonchev–Trinajstić information content (AvgIpc) is 3.18. The first-order chi connectivity index (χ1) is 15.0. The molecule has 1 amide bonds. The van der Waals surface area contributed by atoms with E-state index in [1.165, 1.54) is 29.8 Å². The second-order valence-corrected chi connectivity index (χ2v) is 8.36. The zero-order valence-electron chi connectivity index (χ0n) is 18.2. The van der Waals surface area contributed by atoms with E-state index < -0.39 is 0 Å². The van der Waals surface area contributed by atoms with Gasteiger partial charge in [0.25, 0.3) is 0 Å². The van der Waals surface area contributed by atoms with Gasteiger partial charge in [-0.2, -0.15) is 0 Å². The third-order valence-corrected chi connectivity index (χ3v) is 5.89. The van der Waals surface area contributed by atoms with Crippen LogP contribution < -0.4 is 5.32 Å². The molecule has 0 saturated carbocycles. The summed E-state index contributed by atoms with van der Waals surface area (Å²) in [7, 11) is 0.